The molecule has 0 aromatic heterocycles. The molecule has 1 saturated heterocycles. The maximum absolute atomic E-state index is 12.8. The Kier molecular flexibility index (Phi) is 7.26. The smallest absolute Gasteiger partial charge is 0.294 e. The molecule has 31 heavy (non-hydrogen) atoms. The van der Waals surface area contributed by atoms with Crippen molar-refractivity contribution in [3.05, 3.63) is 55.5 Å². The zero-order chi connectivity index (χ0) is 22.7. The van der Waals surface area contributed by atoms with Gasteiger partial charge < -0.3 is 14.8 Å². The number of benzene rings is 2. The van der Waals surface area contributed by atoms with Gasteiger partial charge in [0.25, 0.3) is 11.1 Å². The molecule has 1 heterocycles. The van der Waals surface area contributed by atoms with Crippen LogP contribution in [0, 0.1) is 17.4 Å². The molecule has 1 fully saturated rings. The van der Waals surface area contributed by atoms with Crippen molar-refractivity contribution in [3.8, 4) is 11.5 Å². The van der Waals surface area contributed by atoms with E-state index in [2.05, 4.69) is 27.9 Å². The SMILES string of the molecule is COc1cc(/C=C2/SC(=O)N(CC(=O)Nc3cccc(C)c3C)C2=O)cc(I)c1OC. The van der Waals surface area contributed by atoms with Crippen molar-refractivity contribution >= 4 is 63.2 Å². The summed E-state index contributed by atoms with van der Waals surface area (Å²) in [6.07, 6.45) is 1.61. The summed E-state index contributed by atoms with van der Waals surface area (Å²) in [6.45, 7) is 3.50. The maximum Gasteiger partial charge on any atom is 0.294 e. The van der Waals surface area contributed by atoms with Crippen LogP contribution < -0.4 is 14.8 Å². The number of hydrogen-bond acceptors (Lipinski definition) is 6. The number of ether oxygens (including phenoxy) is 2. The van der Waals surface area contributed by atoms with Crippen LogP contribution in [-0.2, 0) is 9.59 Å². The number of carbonyl (C=O) groups excluding carboxylic acids is 3. The lowest BCUT2D eigenvalue weighted by Gasteiger charge is -2.14. The van der Waals surface area contributed by atoms with E-state index in [-0.39, 0.29) is 11.4 Å². The third kappa shape index (κ3) is 5.04. The molecule has 9 heteroatoms. The normalized spacial score (nSPS) is 14.9. The van der Waals surface area contributed by atoms with Crippen molar-refractivity contribution in [1.29, 1.82) is 0 Å². The molecule has 3 amide bonds. The van der Waals surface area contributed by atoms with Gasteiger partial charge in [-0.1, -0.05) is 12.1 Å². The second kappa shape index (κ2) is 9.73. The van der Waals surface area contributed by atoms with Crippen LogP contribution in [0.3, 0.4) is 0 Å². The van der Waals surface area contributed by atoms with Gasteiger partial charge in [0.05, 0.1) is 22.7 Å². The van der Waals surface area contributed by atoms with Gasteiger partial charge >= 0.3 is 0 Å². The van der Waals surface area contributed by atoms with Crippen LogP contribution in [0.2, 0.25) is 0 Å². The summed E-state index contributed by atoms with van der Waals surface area (Å²) in [6, 6.07) is 9.12. The molecule has 1 aliphatic heterocycles. The molecule has 1 aliphatic rings. The monoisotopic (exact) mass is 552 g/mol. The van der Waals surface area contributed by atoms with Crippen molar-refractivity contribution in [2.45, 2.75) is 13.8 Å². The molecule has 0 bridgehead atoms. The summed E-state index contributed by atoms with van der Waals surface area (Å²) in [4.78, 5) is 38.8. The van der Waals surface area contributed by atoms with E-state index in [0.717, 1.165) is 31.4 Å². The van der Waals surface area contributed by atoms with E-state index >= 15 is 0 Å². The lowest BCUT2D eigenvalue weighted by atomic mass is 10.1. The van der Waals surface area contributed by atoms with E-state index in [1.165, 1.54) is 7.11 Å². The van der Waals surface area contributed by atoms with Crippen LogP contribution in [0.4, 0.5) is 10.5 Å². The van der Waals surface area contributed by atoms with Crippen LogP contribution >= 0.6 is 34.4 Å². The predicted molar refractivity (Wildman–Crippen MR) is 129 cm³/mol. The topological polar surface area (TPSA) is 84.9 Å². The zero-order valence-electron chi connectivity index (χ0n) is 17.4. The molecule has 2 aromatic carbocycles. The number of carbonyl (C=O) groups is 3. The first-order chi connectivity index (χ1) is 14.7. The van der Waals surface area contributed by atoms with E-state index in [4.69, 9.17) is 9.47 Å². The molecule has 0 atom stereocenters. The van der Waals surface area contributed by atoms with Crippen LogP contribution in [-0.4, -0.2) is 42.7 Å². The Morgan fingerprint density at radius 3 is 2.61 bits per heavy atom. The van der Waals surface area contributed by atoms with Crippen LogP contribution in [0.5, 0.6) is 11.5 Å². The summed E-state index contributed by atoms with van der Waals surface area (Å²) in [7, 11) is 3.08. The Labute approximate surface area is 198 Å². The number of imide groups is 1. The maximum atomic E-state index is 12.8. The van der Waals surface area contributed by atoms with Gasteiger partial charge in [-0.2, -0.15) is 0 Å². The summed E-state index contributed by atoms with van der Waals surface area (Å²) in [5, 5.41) is 2.29. The Balaban J connectivity index is 1.77. The van der Waals surface area contributed by atoms with Crippen molar-refractivity contribution in [2.75, 3.05) is 26.1 Å². The molecule has 7 nitrogen and oxygen atoms in total. The molecular formula is C22H21IN2O5S. The Morgan fingerprint density at radius 1 is 1.19 bits per heavy atom. The van der Waals surface area contributed by atoms with E-state index in [9.17, 15) is 14.4 Å². The number of nitrogens with one attached hydrogen (secondary N) is 1. The highest BCUT2D eigenvalue weighted by Gasteiger charge is 2.36. The first kappa shape index (κ1) is 23.1. The number of amides is 3. The standard InChI is InChI=1S/C22H21IN2O5S/c1-12-6-5-7-16(13(12)2)24-19(26)11-25-21(27)18(31-22(25)28)10-14-8-15(23)20(30-4)17(9-14)29-3/h5-10H,11H2,1-4H3,(H,24,26)/b18-10+. The van der Waals surface area contributed by atoms with Crippen LogP contribution in [0.25, 0.3) is 6.08 Å². The summed E-state index contributed by atoms with van der Waals surface area (Å²) in [5.41, 5.74) is 3.32. The lowest BCUT2D eigenvalue weighted by molar-refractivity contribution is -0.127. The van der Waals surface area contributed by atoms with Gasteiger partial charge in [-0.15, -0.1) is 0 Å². The first-order valence-electron chi connectivity index (χ1n) is 9.28. The fraction of sp³-hybridized carbons (Fsp3) is 0.227. The zero-order valence-corrected chi connectivity index (χ0v) is 20.4. The highest BCUT2D eigenvalue weighted by Crippen LogP contribution is 2.37. The number of thioether (sulfide) groups is 1. The van der Waals surface area contributed by atoms with Gasteiger partial charge in [0, 0.05) is 5.69 Å². The summed E-state index contributed by atoms with van der Waals surface area (Å²) >= 11 is 2.91. The van der Waals surface area contributed by atoms with Gasteiger partial charge in [-0.3, -0.25) is 19.3 Å². The number of hydrogen-bond donors (Lipinski definition) is 1. The van der Waals surface area contributed by atoms with Crippen LogP contribution in [0.1, 0.15) is 16.7 Å². The minimum atomic E-state index is -0.504. The van der Waals surface area contributed by atoms with Gasteiger partial charge in [0.1, 0.15) is 6.54 Å². The summed E-state index contributed by atoms with van der Waals surface area (Å²) in [5.74, 6) is 0.179. The third-order valence-corrected chi connectivity index (χ3v) is 6.52. The molecule has 0 aliphatic carbocycles. The molecule has 2 aromatic rings. The first-order valence-corrected chi connectivity index (χ1v) is 11.2. The van der Waals surface area contributed by atoms with E-state index < -0.39 is 17.1 Å². The number of aryl methyl sites for hydroxylation is 1. The van der Waals surface area contributed by atoms with E-state index in [0.29, 0.717) is 22.7 Å². The average molecular weight is 552 g/mol. The highest BCUT2D eigenvalue weighted by atomic mass is 127. The van der Waals surface area contributed by atoms with Gasteiger partial charge in [0.2, 0.25) is 5.91 Å². The van der Waals surface area contributed by atoms with Crippen molar-refractivity contribution in [2.24, 2.45) is 0 Å². The quantitative estimate of drug-likeness (QED) is 0.417. The minimum absolute atomic E-state index is 0.243. The highest BCUT2D eigenvalue weighted by molar-refractivity contribution is 14.1. The van der Waals surface area contributed by atoms with E-state index in [1.54, 1.807) is 25.3 Å². The Hall–Kier alpha value is -2.53. The van der Waals surface area contributed by atoms with Crippen molar-refractivity contribution in [1.82, 2.24) is 4.90 Å². The number of halogens is 1. The van der Waals surface area contributed by atoms with Gasteiger partial charge in [-0.05, 0) is 89.2 Å². The molecule has 3 rings (SSSR count). The molecule has 1 N–H and O–H groups in total. The Bertz CT molecular complexity index is 1100. The largest absolute Gasteiger partial charge is 0.493 e. The van der Waals surface area contributed by atoms with Crippen LogP contribution in [0.15, 0.2) is 35.2 Å². The number of methoxy groups -OCH3 is 2. The van der Waals surface area contributed by atoms with Crippen molar-refractivity contribution < 1.29 is 23.9 Å². The number of rotatable bonds is 6. The predicted octanol–water partition coefficient (Wildman–Crippen LogP) is 4.60. The third-order valence-electron chi connectivity index (χ3n) is 4.81. The summed E-state index contributed by atoms with van der Waals surface area (Å²) < 4.78 is 11.5. The lowest BCUT2D eigenvalue weighted by Crippen LogP contribution is -2.36. The second-order valence-electron chi connectivity index (χ2n) is 6.80. The molecule has 0 radical (unpaired) electrons. The molecule has 0 saturated carbocycles. The van der Waals surface area contributed by atoms with Gasteiger partial charge in [0.15, 0.2) is 11.5 Å². The number of nitrogens with zero attached hydrogens (tertiary/aromatic N) is 1. The molecule has 162 valence electrons. The molecule has 0 spiro atoms. The second-order valence-corrected chi connectivity index (χ2v) is 8.96. The fourth-order valence-corrected chi connectivity index (χ4v) is 4.71. The molecular weight excluding hydrogens is 531 g/mol. The minimum Gasteiger partial charge on any atom is -0.493 e. The number of anilines is 1. The van der Waals surface area contributed by atoms with Gasteiger partial charge in [-0.25, -0.2) is 0 Å². The Morgan fingerprint density at radius 2 is 1.94 bits per heavy atom. The van der Waals surface area contributed by atoms with Crippen molar-refractivity contribution in [3.63, 3.8) is 0 Å². The fourth-order valence-electron chi connectivity index (χ4n) is 3.03. The van der Waals surface area contributed by atoms with E-state index in [1.807, 2.05) is 32.0 Å². The molecule has 0 unspecified atom stereocenters. The average Bonchev–Trinajstić information content (AvgIpc) is 2.98.